The van der Waals surface area contributed by atoms with Gasteiger partial charge in [-0.15, -0.1) is 23.5 Å². The van der Waals surface area contributed by atoms with Crippen molar-refractivity contribution in [3.63, 3.8) is 0 Å². The fraction of sp³-hybridized carbons (Fsp3) is 0.267. The molecule has 1 saturated heterocycles. The molecule has 18 heavy (non-hydrogen) atoms. The Morgan fingerprint density at radius 3 is 2.50 bits per heavy atom. The maximum Gasteiger partial charge on any atom is 0.186 e. The molecule has 1 aliphatic carbocycles. The summed E-state index contributed by atoms with van der Waals surface area (Å²) in [5.41, 5.74) is 3.16. The molecule has 2 aliphatic rings. The van der Waals surface area contributed by atoms with Gasteiger partial charge >= 0.3 is 0 Å². The fourth-order valence-corrected chi connectivity index (χ4v) is 3.93. The average molecular weight is 274 g/mol. The molecule has 3 rings (SSSR count). The van der Waals surface area contributed by atoms with Crippen LogP contribution in [0.3, 0.4) is 0 Å². The first-order valence-corrected chi connectivity index (χ1v) is 8.11. The molecular formula is C15H14OS2. The molecule has 2 fully saturated rings. The minimum Gasteiger partial charge on any atom is -0.289 e. The molecule has 0 radical (unpaired) electrons. The van der Waals surface area contributed by atoms with Crippen LogP contribution in [-0.2, 0) is 4.79 Å². The van der Waals surface area contributed by atoms with E-state index in [0.29, 0.717) is 0 Å². The van der Waals surface area contributed by atoms with E-state index in [4.69, 9.17) is 0 Å². The largest absolute Gasteiger partial charge is 0.289 e. The van der Waals surface area contributed by atoms with Crippen LogP contribution in [0.1, 0.15) is 24.8 Å². The van der Waals surface area contributed by atoms with Crippen LogP contribution in [0.15, 0.2) is 45.7 Å². The van der Waals surface area contributed by atoms with Gasteiger partial charge in [0.05, 0.1) is 0 Å². The number of benzene rings is 1. The van der Waals surface area contributed by atoms with Gasteiger partial charge in [0.15, 0.2) is 5.78 Å². The normalized spacial score (nSPS) is 22.2. The lowest BCUT2D eigenvalue weighted by molar-refractivity contribution is -0.112. The SMILES string of the molecule is O=C1C(=Cc2ccccc2)CCCC1=C1SCS1. The van der Waals surface area contributed by atoms with Crippen molar-refractivity contribution in [3.05, 3.63) is 51.3 Å². The van der Waals surface area contributed by atoms with Gasteiger partial charge in [0.25, 0.3) is 0 Å². The first-order chi connectivity index (χ1) is 8.84. The second-order valence-corrected chi connectivity index (χ2v) is 7.03. The third kappa shape index (κ3) is 2.43. The average Bonchev–Trinajstić information content (AvgIpc) is 2.33. The first kappa shape index (κ1) is 12.1. The number of carbonyl (C=O) groups is 1. The topological polar surface area (TPSA) is 17.1 Å². The van der Waals surface area contributed by atoms with Gasteiger partial charge in [0.1, 0.15) is 0 Å². The summed E-state index contributed by atoms with van der Waals surface area (Å²) in [6.45, 7) is 0. The third-order valence-corrected chi connectivity index (χ3v) is 5.87. The summed E-state index contributed by atoms with van der Waals surface area (Å²) in [7, 11) is 0. The highest BCUT2D eigenvalue weighted by Crippen LogP contribution is 2.48. The van der Waals surface area contributed by atoms with Gasteiger partial charge in [-0.2, -0.15) is 0 Å². The standard InChI is InChI=1S/C15H14OS2/c16-14-12(9-11-5-2-1-3-6-11)7-4-8-13(14)15-17-10-18-15/h1-3,5-6,9H,4,7-8,10H2. The Kier molecular flexibility index (Phi) is 3.62. The van der Waals surface area contributed by atoms with Crippen LogP contribution < -0.4 is 0 Å². The Morgan fingerprint density at radius 2 is 1.83 bits per heavy atom. The number of carbonyl (C=O) groups excluding carboxylic acids is 1. The number of hydrogen-bond donors (Lipinski definition) is 0. The van der Waals surface area contributed by atoms with Gasteiger partial charge in [0.2, 0.25) is 0 Å². The van der Waals surface area contributed by atoms with Gasteiger partial charge in [-0.1, -0.05) is 30.3 Å². The summed E-state index contributed by atoms with van der Waals surface area (Å²) in [4.78, 5) is 12.4. The molecule has 1 heterocycles. The highest BCUT2D eigenvalue weighted by molar-refractivity contribution is 8.37. The second kappa shape index (κ2) is 5.37. The van der Waals surface area contributed by atoms with Crippen molar-refractivity contribution in [2.45, 2.75) is 19.3 Å². The summed E-state index contributed by atoms with van der Waals surface area (Å²) in [5, 5.41) is 1.10. The van der Waals surface area contributed by atoms with Crippen LogP contribution >= 0.6 is 23.5 Å². The van der Waals surface area contributed by atoms with Crippen molar-refractivity contribution in [2.75, 3.05) is 5.08 Å². The van der Waals surface area contributed by atoms with Crippen molar-refractivity contribution in [2.24, 2.45) is 0 Å². The van der Waals surface area contributed by atoms with Crippen LogP contribution in [0.2, 0.25) is 0 Å². The van der Waals surface area contributed by atoms with Gasteiger partial charge < -0.3 is 0 Å². The van der Waals surface area contributed by atoms with Crippen LogP contribution in [0, 0.1) is 0 Å². The maximum atomic E-state index is 12.4. The lowest BCUT2D eigenvalue weighted by Gasteiger charge is -2.24. The van der Waals surface area contributed by atoms with Crippen LogP contribution in [0.4, 0.5) is 0 Å². The summed E-state index contributed by atoms with van der Waals surface area (Å²) in [6, 6.07) is 10.1. The zero-order valence-corrected chi connectivity index (χ0v) is 11.7. The van der Waals surface area contributed by atoms with E-state index in [-0.39, 0.29) is 5.78 Å². The zero-order valence-electron chi connectivity index (χ0n) is 10.0. The van der Waals surface area contributed by atoms with Crippen molar-refractivity contribution in [1.29, 1.82) is 0 Å². The number of ketones is 1. The van der Waals surface area contributed by atoms with Gasteiger partial charge in [-0.3, -0.25) is 4.79 Å². The minimum absolute atomic E-state index is 0.278. The fourth-order valence-electron chi connectivity index (χ4n) is 2.25. The molecule has 0 N–H and O–H groups in total. The zero-order chi connectivity index (χ0) is 12.4. The molecule has 1 aromatic rings. The summed E-state index contributed by atoms with van der Waals surface area (Å²) < 4.78 is 1.26. The predicted molar refractivity (Wildman–Crippen MR) is 80.4 cm³/mol. The molecule has 0 bridgehead atoms. The Labute approximate surface area is 116 Å². The molecule has 1 aromatic carbocycles. The summed E-state index contributed by atoms with van der Waals surface area (Å²) in [5.74, 6) is 0.278. The molecule has 1 saturated carbocycles. The van der Waals surface area contributed by atoms with E-state index in [1.807, 2.05) is 41.7 Å². The maximum absolute atomic E-state index is 12.4. The van der Waals surface area contributed by atoms with Gasteiger partial charge in [0, 0.05) is 20.5 Å². The number of rotatable bonds is 1. The second-order valence-electron chi connectivity index (χ2n) is 4.44. The molecule has 0 spiro atoms. The Morgan fingerprint density at radius 1 is 1.06 bits per heavy atom. The Balaban J connectivity index is 1.89. The van der Waals surface area contributed by atoms with E-state index < -0.39 is 0 Å². The summed E-state index contributed by atoms with van der Waals surface area (Å²) in [6.07, 6.45) is 5.03. The Bertz CT molecular complexity index is 523. The quantitative estimate of drug-likeness (QED) is 0.703. The number of thioether (sulfide) groups is 2. The van der Waals surface area contributed by atoms with Crippen molar-refractivity contribution >= 4 is 35.4 Å². The smallest absolute Gasteiger partial charge is 0.186 e. The highest BCUT2D eigenvalue weighted by atomic mass is 32.3. The third-order valence-electron chi connectivity index (χ3n) is 3.21. The van der Waals surface area contributed by atoms with Gasteiger partial charge in [-0.25, -0.2) is 0 Å². The first-order valence-electron chi connectivity index (χ1n) is 6.13. The van der Waals surface area contributed by atoms with Crippen molar-refractivity contribution < 1.29 is 4.79 Å². The molecule has 0 atom stereocenters. The van der Waals surface area contributed by atoms with E-state index in [1.54, 1.807) is 0 Å². The van der Waals surface area contributed by atoms with Gasteiger partial charge in [-0.05, 0) is 30.9 Å². The number of hydrogen-bond acceptors (Lipinski definition) is 3. The highest BCUT2D eigenvalue weighted by Gasteiger charge is 2.26. The molecule has 1 nitrogen and oxygen atoms in total. The molecular weight excluding hydrogens is 260 g/mol. The molecule has 0 amide bonds. The lowest BCUT2D eigenvalue weighted by atomic mass is 9.89. The number of allylic oxidation sites excluding steroid dienone is 2. The lowest BCUT2D eigenvalue weighted by Crippen LogP contribution is -2.14. The molecule has 92 valence electrons. The van der Waals surface area contributed by atoms with Crippen molar-refractivity contribution in [1.82, 2.24) is 0 Å². The molecule has 1 aliphatic heterocycles. The summed E-state index contributed by atoms with van der Waals surface area (Å²) >= 11 is 3.64. The minimum atomic E-state index is 0.278. The van der Waals surface area contributed by atoms with E-state index in [1.165, 1.54) is 4.24 Å². The number of Topliss-reactive ketones (excluding diaryl/α,β-unsaturated/α-hetero) is 1. The van der Waals surface area contributed by atoms with Crippen LogP contribution in [0.5, 0.6) is 0 Å². The van der Waals surface area contributed by atoms with Crippen molar-refractivity contribution in [3.8, 4) is 0 Å². The molecule has 0 aromatic heterocycles. The molecule has 0 unspecified atom stereocenters. The van der Waals surface area contributed by atoms with Crippen LogP contribution in [0.25, 0.3) is 6.08 Å². The van der Waals surface area contributed by atoms with E-state index >= 15 is 0 Å². The van der Waals surface area contributed by atoms with E-state index in [2.05, 4.69) is 18.2 Å². The monoisotopic (exact) mass is 274 g/mol. The predicted octanol–water partition coefficient (Wildman–Crippen LogP) is 4.47. The van der Waals surface area contributed by atoms with Crippen LogP contribution in [-0.4, -0.2) is 10.9 Å². The van der Waals surface area contributed by atoms with E-state index in [0.717, 1.165) is 41.1 Å². The Hall–Kier alpha value is -0.930. The van der Waals surface area contributed by atoms with E-state index in [9.17, 15) is 4.79 Å². The molecule has 3 heteroatoms.